The minimum Gasteiger partial charge on any atom is -0.369 e. The Labute approximate surface area is 113 Å². The Morgan fingerprint density at radius 3 is 2.68 bits per heavy atom. The van der Waals surface area contributed by atoms with Crippen molar-refractivity contribution in [2.75, 3.05) is 23.0 Å². The zero-order valence-electron chi connectivity index (χ0n) is 10.1. The molecule has 0 saturated carbocycles. The summed E-state index contributed by atoms with van der Waals surface area (Å²) in [4.78, 5) is 3.97. The molecule has 1 saturated heterocycles. The van der Waals surface area contributed by atoms with Gasteiger partial charge in [-0.05, 0) is 30.7 Å². The van der Waals surface area contributed by atoms with Gasteiger partial charge in [0.15, 0.2) is 0 Å². The number of rotatable bonds is 4. The lowest BCUT2D eigenvalue weighted by Gasteiger charge is -2.14. The predicted octanol–water partition coefficient (Wildman–Crippen LogP) is 2.69. The second kappa shape index (κ2) is 5.87. The SMILES string of the molecule is NNc1cc(C(F)(F)F)cc(NCC2CCCS2)n1. The highest BCUT2D eigenvalue weighted by Gasteiger charge is 2.31. The highest BCUT2D eigenvalue weighted by molar-refractivity contribution is 8.00. The molecule has 0 amide bonds. The fourth-order valence-corrected chi connectivity index (χ4v) is 3.08. The van der Waals surface area contributed by atoms with Gasteiger partial charge in [0.1, 0.15) is 11.6 Å². The normalized spacial score (nSPS) is 19.5. The smallest absolute Gasteiger partial charge is 0.369 e. The molecular weight excluding hydrogens is 277 g/mol. The number of thioether (sulfide) groups is 1. The van der Waals surface area contributed by atoms with Crippen LogP contribution in [-0.2, 0) is 6.18 Å². The molecule has 106 valence electrons. The zero-order chi connectivity index (χ0) is 13.9. The molecule has 1 aliphatic heterocycles. The molecule has 0 radical (unpaired) electrons. The largest absolute Gasteiger partial charge is 0.416 e. The van der Waals surface area contributed by atoms with Gasteiger partial charge in [-0.2, -0.15) is 24.9 Å². The van der Waals surface area contributed by atoms with Gasteiger partial charge in [0.25, 0.3) is 0 Å². The number of alkyl halides is 3. The van der Waals surface area contributed by atoms with Gasteiger partial charge in [-0.1, -0.05) is 0 Å². The van der Waals surface area contributed by atoms with Gasteiger partial charge in [-0.3, -0.25) is 0 Å². The summed E-state index contributed by atoms with van der Waals surface area (Å²) in [6, 6.07) is 1.88. The second-order valence-electron chi connectivity index (χ2n) is 4.28. The maximum atomic E-state index is 12.7. The molecule has 2 heterocycles. The van der Waals surface area contributed by atoms with Crippen molar-refractivity contribution in [3.8, 4) is 0 Å². The van der Waals surface area contributed by atoms with E-state index in [9.17, 15) is 13.2 Å². The number of hydrogen-bond donors (Lipinski definition) is 3. The fraction of sp³-hybridized carbons (Fsp3) is 0.545. The van der Waals surface area contributed by atoms with E-state index in [0.717, 1.165) is 30.7 Å². The molecule has 8 heteroatoms. The van der Waals surface area contributed by atoms with E-state index < -0.39 is 11.7 Å². The van der Waals surface area contributed by atoms with Gasteiger partial charge < -0.3 is 10.7 Å². The van der Waals surface area contributed by atoms with Gasteiger partial charge in [0.2, 0.25) is 0 Å². The van der Waals surface area contributed by atoms with Crippen LogP contribution in [0, 0.1) is 0 Å². The van der Waals surface area contributed by atoms with Gasteiger partial charge in [-0.15, -0.1) is 0 Å². The first kappa shape index (κ1) is 14.3. The van der Waals surface area contributed by atoms with Crippen molar-refractivity contribution < 1.29 is 13.2 Å². The van der Waals surface area contributed by atoms with Crippen LogP contribution in [0.1, 0.15) is 18.4 Å². The third-order valence-corrected chi connectivity index (χ3v) is 4.23. The molecule has 1 aliphatic rings. The van der Waals surface area contributed by atoms with Crippen LogP contribution in [0.4, 0.5) is 24.8 Å². The minimum atomic E-state index is -4.41. The highest BCUT2D eigenvalue weighted by atomic mass is 32.2. The lowest BCUT2D eigenvalue weighted by Crippen LogP contribution is -2.17. The van der Waals surface area contributed by atoms with Gasteiger partial charge in [-0.25, -0.2) is 10.8 Å². The number of halogens is 3. The lowest BCUT2D eigenvalue weighted by molar-refractivity contribution is -0.137. The first-order valence-electron chi connectivity index (χ1n) is 5.90. The van der Waals surface area contributed by atoms with E-state index in [4.69, 9.17) is 5.84 Å². The number of anilines is 2. The van der Waals surface area contributed by atoms with Crippen LogP contribution >= 0.6 is 11.8 Å². The number of hydrogen-bond acceptors (Lipinski definition) is 5. The maximum Gasteiger partial charge on any atom is 0.416 e. The molecule has 0 bridgehead atoms. The van der Waals surface area contributed by atoms with Crippen molar-refractivity contribution in [1.82, 2.24) is 4.98 Å². The summed E-state index contributed by atoms with van der Waals surface area (Å²) in [5, 5.41) is 3.38. The Kier molecular flexibility index (Phi) is 4.41. The molecule has 1 aromatic rings. The Bertz CT molecular complexity index is 432. The second-order valence-corrected chi connectivity index (χ2v) is 5.69. The molecule has 4 nitrogen and oxygen atoms in total. The first-order valence-corrected chi connectivity index (χ1v) is 6.95. The van der Waals surface area contributed by atoms with E-state index in [0.29, 0.717) is 11.8 Å². The van der Waals surface area contributed by atoms with Crippen LogP contribution in [0.3, 0.4) is 0 Å². The highest BCUT2D eigenvalue weighted by Crippen LogP contribution is 2.32. The molecular formula is C11H15F3N4S. The molecule has 1 unspecified atom stereocenters. The van der Waals surface area contributed by atoms with E-state index in [-0.39, 0.29) is 11.6 Å². The van der Waals surface area contributed by atoms with E-state index in [1.165, 1.54) is 0 Å². The van der Waals surface area contributed by atoms with Crippen molar-refractivity contribution in [1.29, 1.82) is 0 Å². The predicted molar refractivity (Wildman–Crippen MR) is 71.0 cm³/mol. The van der Waals surface area contributed by atoms with Crippen molar-refractivity contribution in [2.45, 2.75) is 24.3 Å². The van der Waals surface area contributed by atoms with Gasteiger partial charge >= 0.3 is 6.18 Å². The van der Waals surface area contributed by atoms with Crippen LogP contribution in [0.5, 0.6) is 0 Å². The summed E-state index contributed by atoms with van der Waals surface area (Å²) in [7, 11) is 0. The average molecular weight is 292 g/mol. The Balaban J connectivity index is 2.10. The van der Waals surface area contributed by atoms with Crippen molar-refractivity contribution >= 4 is 23.4 Å². The monoisotopic (exact) mass is 292 g/mol. The molecule has 0 aromatic carbocycles. The quantitative estimate of drug-likeness (QED) is 0.588. The Morgan fingerprint density at radius 1 is 1.37 bits per heavy atom. The van der Waals surface area contributed by atoms with E-state index in [1.54, 1.807) is 0 Å². The maximum absolute atomic E-state index is 12.7. The molecule has 19 heavy (non-hydrogen) atoms. The first-order chi connectivity index (χ1) is 8.99. The standard InChI is InChI=1S/C11H15F3N4S/c12-11(13,14)7-4-9(17-10(5-7)18-15)16-6-8-2-1-3-19-8/h4-5,8H,1-3,6,15H2,(H2,16,17,18). The summed E-state index contributed by atoms with van der Waals surface area (Å²) < 4.78 is 38.1. The molecule has 1 aromatic heterocycles. The summed E-state index contributed by atoms with van der Waals surface area (Å²) >= 11 is 1.83. The molecule has 1 atom stereocenters. The molecule has 2 rings (SSSR count). The minimum absolute atomic E-state index is 0.00333. The van der Waals surface area contributed by atoms with Crippen molar-refractivity contribution in [2.24, 2.45) is 5.84 Å². The van der Waals surface area contributed by atoms with Crippen LogP contribution < -0.4 is 16.6 Å². The van der Waals surface area contributed by atoms with E-state index in [2.05, 4.69) is 15.7 Å². The molecule has 0 aliphatic carbocycles. The zero-order valence-corrected chi connectivity index (χ0v) is 10.9. The van der Waals surface area contributed by atoms with Crippen LogP contribution in [0.2, 0.25) is 0 Å². The van der Waals surface area contributed by atoms with Crippen molar-refractivity contribution in [3.63, 3.8) is 0 Å². The third-order valence-electron chi connectivity index (χ3n) is 2.84. The van der Waals surface area contributed by atoms with Crippen molar-refractivity contribution in [3.05, 3.63) is 17.7 Å². The van der Waals surface area contributed by atoms with Crippen LogP contribution in [0.15, 0.2) is 12.1 Å². The summed E-state index contributed by atoms with van der Waals surface area (Å²) in [6.07, 6.45) is -2.17. The number of nitrogens with one attached hydrogen (secondary N) is 2. The molecule has 4 N–H and O–H groups in total. The topological polar surface area (TPSA) is 63.0 Å². The summed E-state index contributed by atoms with van der Waals surface area (Å²) in [5.41, 5.74) is 1.38. The Morgan fingerprint density at radius 2 is 2.11 bits per heavy atom. The van der Waals surface area contributed by atoms with E-state index in [1.807, 2.05) is 11.8 Å². The van der Waals surface area contributed by atoms with Crippen LogP contribution in [-0.4, -0.2) is 22.5 Å². The van der Waals surface area contributed by atoms with E-state index >= 15 is 0 Å². The van der Waals surface area contributed by atoms with Gasteiger partial charge in [0, 0.05) is 11.8 Å². The average Bonchev–Trinajstić information content (AvgIpc) is 2.88. The number of aromatic nitrogens is 1. The number of hydrazine groups is 1. The Hall–Kier alpha value is -1.15. The number of pyridine rings is 1. The number of nitrogens with zero attached hydrogens (tertiary/aromatic N) is 1. The summed E-state index contributed by atoms with van der Waals surface area (Å²) in [6.45, 7) is 0.614. The fourth-order valence-electron chi connectivity index (χ4n) is 1.88. The number of nitrogen functional groups attached to an aromatic ring is 1. The number of nitrogens with two attached hydrogens (primary N) is 1. The summed E-state index contributed by atoms with van der Waals surface area (Å²) in [5.74, 6) is 6.43. The van der Waals surface area contributed by atoms with Crippen LogP contribution in [0.25, 0.3) is 0 Å². The molecule has 0 spiro atoms. The van der Waals surface area contributed by atoms with Gasteiger partial charge in [0.05, 0.1) is 5.56 Å². The lowest BCUT2D eigenvalue weighted by atomic mass is 10.2. The molecule has 1 fully saturated rings. The third kappa shape index (κ3) is 3.90.